The van der Waals surface area contributed by atoms with Gasteiger partial charge in [-0.3, -0.25) is 0 Å². The van der Waals surface area contributed by atoms with E-state index in [4.69, 9.17) is 10.9 Å². The summed E-state index contributed by atoms with van der Waals surface area (Å²) in [5.74, 6) is -0.789. The molecule has 0 spiro atoms. The summed E-state index contributed by atoms with van der Waals surface area (Å²) in [4.78, 5) is 14.8. The second-order valence-corrected chi connectivity index (χ2v) is 2.24. The Morgan fingerprint density at radius 3 is 3.00 bits per heavy atom. The van der Waals surface area contributed by atoms with Crippen molar-refractivity contribution in [1.82, 2.24) is 4.98 Å². The van der Waals surface area contributed by atoms with E-state index in [0.717, 1.165) is 6.26 Å². The van der Waals surface area contributed by atoms with E-state index >= 15 is 0 Å². The Morgan fingerprint density at radius 2 is 2.57 bits per heavy atom. The molecule has 0 aliphatic rings. The van der Waals surface area contributed by atoms with Crippen molar-refractivity contribution in [3.63, 3.8) is 0 Å². The topological polar surface area (TPSA) is 111 Å². The molecule has 0 bridgehead atoms. The highest BCUT2D eigenvalue weighted by Gasteiger charge is 2.19. The molecule has 0 aromatic carbocycles. The fourth-order valence-electron chi connectivity index (χ4n) is 0.792. The number of oxazole rings is 1. The molecule has 0 saturated carbocycles. The van der Waals surface area contributed by atoms with Gasteiger partial charge in [0.05, 0.1) is 6.61 Å². The van der Waals surface area contributed by atoms with Crippen molar-refractivity contribution in [3.05, 3.63) is 12.0 Å². The fourth-order valence-corrected chi connectivity index (χ4v) is 0.792. The number of ether oxygens (including phenoxy) is 1. The first kappa shape index (κ1) is 10.0. The van der Waals surface area contributed by atoms with Crippen LogP contribution in [0.3, 0.4) is 0 Å². The predicted octanol–water partition coefficient (Wildman–Crippen LogP) is -0.00180. The summed E-state index contributed by atoms with van der Waals surface area (Å²) >= 11 is 0. The standard InChI is InChI=1S/C7H9N3O4/c1-2-13-6(11)5(10-12)4-3-14-7(8)9-4/h3,12H,2H2,1H3,(H2,8,9). The average Bonchev–Trinajstić information content (AvgIpc) is 2.54. The van der Waals surface area contributed by atoms with Crippen LogP contribution in [0.2, 0.25) is 0 Å². The number of carbonyl (C=O) groups excluding carboxylic acids is 1. The van der Waals surface area contributed by atoms with Gasteiger partial charge in [0.2, 0.25) is 5.71 Å². The number of hydrogen-bond acceptors (Lipinski definition) is 7. The molecule has 0 saturated heterocycles. The van der Waals surface area contributed by atoms with Crippen LogP contribution in [-0.4, -0.2) is 28.5 Å². The number of esters is 1. The first-order chi connectivity index (χ1) is 6.69. The van der Waals surface area contributed by atoms with E-state index in [1.54, 1.807) is 6.92 Å². The van der Waals surface area contributed by atoms with Crippen LogP contribution in [-0.2, 0) is 9.53 Å². The number of nitrogen functional groups attached to an aromatic ring is 1. The van der Waals surface area contributed by atoms with Crippen LogP contribution in [0.5, 0.6) is 0 Å². The number of anilines is 1. The van der Waals surface area contributed by atoms with E-state index in [0.29, 0.717) is 0 Å². The van der Waals surface area contributed by atoms with Gasteiger partial charge in [0, 0.05) is 0 Å². The Labute approximate surface area is 79.2 Å². The van der Waals surface area contributed by atoms with Gasteiger partial charge in [0.25, 0.3) is 6.01 Å². The minimum absolute atomic E-state index is 0.0310. The molecule has 1 rings (SSSR count). The second-order valence-electron chi connectivity index (χ2n) is 2.24. The van der Waals surface area contributed by atoms with Crippen LogP contribution in [0.1, 0.15) is 12.6 Å². The van der Waals surface area contributed by atoms with E-state index in [9.17, 15) is 4.79 Å². The third-order valence-electron chi connectivity index (χ3n) is 1.33. The molecule has 0 amide bonds. The maximum atomic E-state index is 11.1. The van der Waals surface area contributed by atoms with Gasteiger partial charge in [-0.15, -0.1) is 0 Å². The lowest BCUT2D eigenvalue weighted by Gasteiger charge is -1.99. The Kier molecular flexibility index (Phi) is 3.05. The smallest absolute Gasteiger partial charge is 0.362 e. The summed E-state index contributed by atoms with van der Waals surface area (Å²) in [5, 5.41) is 11.3. The molecule has 0 unspecified atom stereocenters. The van der Waals surface area contributed by atoms with Crippen LogP contribution in [0.15, 0.2) is 15.8 Å². The van der Waals surface area contributed by atoms with Gasteiger partial charge < -0.3 is 20.1 Å². The van der Waals surface area contributed by atoms with Crippen molar-refractivity contribution in [3.8, 4) is 0 Å². The van der Waals surface area contributed by atoms with Crippen LogP contribution >= 0.6 is 0 Å². The summed E-state index contributed by atoms with van der Waals surface area (Å²) in [6.07, 6.45) is 1.10. The SMILES string of the molecule is CCOC(=O)C(=NO)c1coc(N)n1. The zero-order valence-electron chi connectivity index (χ0n) is 7.43. The predicted molar refractivity (Wildman–Crippen MR) is 45.9 cm³/mol. The van der Waals surface area contributed by atoms with Gasteiger partial charge in [-0.25, -0.2) is 4.79 Å². The second kappa shape index (κ2) is 4.26. The number of aromatic nitrogens is 1. The maximum Gasteiger partial charge on any atom is 0.362 e. The molecule has 0 aliphatic heterocycles. The summed E-state index contributed by atoms with van der Waals surface area (Å²) in [6.45, 7) is 1.80. The van der Waals surface area contributed by atoms with Gasteiger partial charge in [0.15, 0.2) is 0 Å². The summed E-state index contributed by atoms with van der Waals surface area (Å²) in [7, 11) is 0. The number of oxime groups is 1. The molecule has 0 aliphatic carbocycles. The molecule has 7 nitrogen and oxygen atoms in total. The van der Waals surface area contributed by atoms with Crippen molar-refractivity contribution in [1.29, 1.82) is 0 Å². The summed E-state index contributed by atoms with van der Waals surface area (Å²) < 4.78 is 9.25. The number of carbonyl (C=O) groups is 1. The Bertz CT molecular complexity index is 358. The van der Waals surface area contributed by atoms with Gasteiger partial charge in [-0.1, -0.05) is 5.16 Å². The third kappa shape index (κ3) is 2.00. The van der Waals surface area contributed by atoms with E-state index < -0.39 is 5.97 Å². The highest BCUT2D eigenvalue weighted by Crippen LogP contribution is 2.05. The molecular formula is C7H9N3O4. The minimum Gasteiger partial charge on any atom is -0.461 e. The Balaban J connectivity index is 2.88. The van der Waals surface area contributed by atoms with Crippen molar-refractivity contribution < 1.29 is 19.2 Å². The zero-order chi connectivity index (χ0) is 10.6. The lowest BCUT2D eigenvalue weighted by molar-refractivity contribution is -0.135. The Hall–Kier alpha value is -2.05. The van der Waals surface area contributed by atoms with Crippen LogP contribution in [0.4, 0.5) is 6.01 Å². The first-order valence-electron chi connectivity index (χ1n) is 3.79. The number of nitrogens with two attached hydrogens (primary N) is 1. The van der Waals surface area contributed by atoms with Crippen molar-refractivity contribution in [2.75, 3.05) is 12.3 Å². The van der Waals surface area contributed by atoms with Crippen molar-refractivity contribution in [2.45, 2.75) is 6.92 Å². The van der Waals surface area contributed by atoms with E-state index in [-0.39, 0.29) is 24.0 Å². The van der Waals surface area contributed by atoms with Crippen LogP contribution < -0.4 is 5.73 Å². The van der Waals surface area contributed by atoms with Crippen LogP contribution in [0.25, 0.3) is 0 Å². The van der Waals surface area contributed by atoms with Gasteiger partial charge in [-0.05, 0) is 6.92 Å². The molecule has 0 fully saturated rings. The first-order valence-corrected chi connectivity index (χ1v) is 3.79. The number of rotatable bonds is 3. The molecular weight excluding hydrogens is 190 g/mol. The summed E-state index contributed by atoms with van der Waals surface area (Å²) in [6, 6.07) is -0.120. The number of hydrogen-bond donors (Lipinski definition) is 2. The molecule has 3 N–H and O–H groups in total. The van der Waals surface area contributed by atoms with Crippen molar-refractivity contribution in [2.24, 2.45) is 5.16 Å². The molecule has 1 aromatic heterocycles. The van der Waals surface area contributed by atoms with E-state index in [1.165, 1.54) is 0 Å². The molecule has 0 atom stereocenters. The molecule has 76 valence electrons. The highest BCUT2D eigenvalue weighted by molar-refractivity contribution is 6.42. The Morgan fingerprint density at radius 1 is 1.86 bits per heavy atom. The molecule has 1 aromatic rings. The largest absolute Gasteiger partial charge is 0.461 e. The molecule has 14 heavy (non-hydrogen) atoms. The van der Waals surface area contributed by atoms with Gasteiger partial charge in [-0.2, -0.15) is 4.98 Å². The lowest BCUT2D eigenvalue weighted by atomic mass is 10.3. The molecule has 1 heterocycles. The maximum absolute atomic E-state index is 11.1. The lowest BCUT2D eigenvalue weighted by Crippen LogP contribution is -2.19. The molecule has 0 radical (unpaired) electrons. The van der Waals surface area contributed by atoms with Crippen molar-refractivity contribution >= 4 is 17.7 Å². The van der Waals surface area contributed by atoms with E-state index in [2.05, 4.69) is 19.3 Å². The van der Waals surface area contributed by atoms with E-state index in [1.807, 2.05) is 0 Å². The quantitative estimate of drug-likeness (QED) is 0.306. The average molecular weight is 199 g/mol. The summed E-state index contributed by atoms with van der Waals surface area (Å²) in [5.41, 5.74) is 4.87. The monoisotopic (exact) mass is 199 g/mol. The zero-order valence-corrected chi connectivity index (χ0v) is 7.43. The fraction of sp³-hybridized carbons (Fsp3) is 0.286. The van der Waals surface area contributed by atoms with Crippen LogP contribution in [0, 0.1) is 0 Å². The highest BCUT2D eigenvalue weighted by atomic mass is 16.5. The third-order valence-corrected chi connectivity index (χ3v) is 1.33. The van der Waals surface area contributed by atoms with Gasteiger partial charge >= 0.3 is 5.97 Å². The number of nitrogens with zero attached hydrogens (tertiary/aromatic N) is 2. The minimum atomic E-state index is -0.789. The molecule has 7 heteroatoms. The van der Waals surface area contributed by atoms with Gasteiger partial charge in [0.1, 0.15) is 12.0 Å². The normalized spacial score (nSPS) is 11.4.